The number of carbonyl (C=O) groups excluding carboxylic acids is 2. The van der Waals surface area contributed by atoms with Gasteiger partial charge in [-0.15, -0.1) is 11.8 Å². The fourth-order valence-corrected chi connectivity index (χ4v) is 4.03. The first-order valence-corrected chi connectivity index (χ1v) is 11.2. The molecular weight excluding hydrogens is 420 g/mol. The molecule has 3 aromatic rings. The number of ether oxygens (including phenoxy) is 1. The van der Waals surface area contributed by atoms with Crippen LogP contribution < -0.4 is 15.4 Å². The second-order valence-electron chi connectivity index (χ2n) is 6.97. The number of carbonyl (C=O) groups is 2. The molecule has 3 rings (SSSR count). The highest BCUT2D eigenvalue weighted by atomic mass is 32.2. The van der Waals surface area contributed by atoms with Gasteiger partial charge in [0.05, 0.1) is 18.0 Å². The van der Waals surface area contributed by atoms with E-state index < -0.39 is 0 Å². The van der Waals surface area contributed by atoms with E-state index in [1.54, 1.807) is 13.2 Å². The molecule has 6 heteroatoms. The van der Waals surface area contributed by atoms with Crippen LogP contribution in [0.4, 0.5) is 11.4 Å². The number of amides is 2. The van der Waals surface area contributed by atoms with E-state index in [0.29, 0.717) is 23.5 Å². The fraction of sp³-hybridized carbons (Fsp3) is 0.154. The van der Waals surface area contributed by atoms with E-state index in [2.05, 4.69) is 10.6 Å². The maximum atomic E-state index is 12.8. The molecule has 164 valence electrons. The minimum Gasteiger partial charge on any atom is -0.495 e. The van der Waals surface area contributed by atoms with E-state index in [-0.39, 0.29) is 17.1 Å². The molecule has 2 amide bonds. The predicted octanol–water partition coefficient (Wildman–Crippen LogP) is 5.86. The molecule has 32 heavy (non-hydrogen) atoms. The molecule has 0 saturated heterocycles. The SMILES string of the molecule is CCC(Sc1cccc(NC(=O)/C=C/c2ccccc2)c1)C(=O)Nc1ccccc1OC. The molecule has 0 fully saturated rings. The Morgan fingerprint density at radius 2 is 1.72 bits per heavy atom. The van der Waals surface area contributed by atoms with Crippen molar-refractivity contribution in [3.05, 3.63) is 90.5 Å². The summed E-state index contributed by atoms with van der Waals surface area (Å²) >= 11 is 1.46. The van der Waals surface area contributed by atoms with Gasteiger partial charge >= 0.3 is 0 Å². The van der Waals surface area contributed by atoms with Crippen LogP contribution in [0.25, 0.3) is 6.08 Å². The van der Waals surface area contributed by atoms with Crippen LogP contribution in [-0.2, 0) is 9.59 Å². The van der Waals surface area contributed by atoms with Gasteiger partial charge in [-0.3, -0.25) is 9.59 Å². The van der Waals surface area contributed by atoms with Gasteiger partial charge in [-0.05, 0) is 48.4 Å². The Labute approximate surface area is 192 Å². The molecule has 0 bridgehead atoms. The standard InChI is InChI=1S/C26H26N2O3S/c1-3-24(26(30)28-22-14-7-8-15-23(22)31-2)32-21-13-9-12-20(18-21)27-25(29)17-16-19-10-5-4-6-11-19/h4-18,24H,3H2,1-2H3,(H,27,29)(H,28,30)/b17-16+. The molecule has 5 nitrogen and oxygen atoms in total. The van der Waals surface area contributed by atoms with Gasteiger partial charge in [-0.2, -0.15) is 0 Å². The number of methoxy groups -OCH3 is 1. The van der Waals surface area contributed by atoms with Crippen molar-refractivity contribution in [2.24, 2.45) is 0 Å². The van der Waals surface area contributed by atoms with Crippen LogP contribution in [-0.4, -0.2) is 24.2 Å². The predicted molar refractivity (Wildman–Crippen MR) is 132 cm³/mol. The number of hydrogen-bond donors (Lipinski definition) is 2. The quantitative estimate of drug-likeness (QED) is 0.319. The average Bonchev–Trinajstić information content (AvgIpc) is 2.82. The van der Waals surface area contributed by atoms with Gasteiger partial charge < -0.3 is 15.4 Å². The van der Waals surface area contributed by atoms with Gasteiger partial charge in [0, 0.05) is 16.7 Å². The van der Waals surface area contributed by atoms with Gasteiger partial charge in [0.2, 0.25) is 11.8 Å². The maximum absolute atomic E-state index is 12.8. The number of benzene rings is 3. The molecule has 1 unspecified atom stereocenters. The minimum absolute atomic E-state index is 0.0952. The largest absolute Gasteiger partial charge is 0.495 e. The summed E-state index contributed by atoms with van der Waals surface area (Å²) < 4.78 is 5.31. The second kappa shape index (κ2) is 11.8. The van der Waals surface area contributed by atoms with Crippen molar-refractivity contribution in [3.63, 3.8) is 0 Å². The molecule has 1 atom stereocenters. The van der Waals surface area contributed by atoms with E-state index in [1.165, 1.54) is 17.8 Å². The summed E-state index contributed by atoms with van der Waals surface area (Å²) in [6.45, 7) is 1.97. The van der Waals surface area contributed by atoms with E-state index in [1.807, 2.05) is 85.8 Å². The zero-order chi connectivity index (χ0) is 22.8. The van der Waals surface area contributed by atoms with Crippen molar-refractivity contribution >= 4 is 41.0 Å². The van der Waals surface area contributed by atoms with Crippen LogP contribution in [0, 0.1) is 0 Å². The van der Waals surface area contributed by atoms with Crippen LogP contribution in [0.2, 0.25) is 0 Å². The van der Waals surface area contributed by atoms with Gasteiger partial charge in [0.1, 0.15) is 5.75 Å². The number of para-hydroxylation sites is 2. The van der Waals surface area contributed by atoms with Crippen molar-refractivity contribution in [3.8, 4) is 5.75 Å². The molecule has 2 N–H and O–H groups in total. The van der Waals surface area contributed by atoms with Crippen molar-refractivity contribution in [1.82, 2.24) is 0 Å². The summed E-state index contributed by atoms with van der Waals surface area (Å²) in [5.41, 5.74) is 2.28. The molecule has 0 spiro atoms. The molecule has 0 aliphatic heterocycles. The first kappa shape index (κ1) is 23.2. The zero-order valence-electron chi connectivity index (χ0n) is 18.1. The third kappa shape index (κ3) is 6.75. The average molecular weight is 447 g/mol. The molecule has 0 aliphatic carbocycles. The van der Waals surface area contributed by atoms with Crippen molar-refractivity contribution in [2.75, 3.05) is 17.7 Å². The maximum Gasteiger partial charge on any atom is 0.248 e. The van der Waals surface area contributed by atoms with Crippen molar-refractivity contribution < 1.29 is 14.3 Å². The van der Waals surface area contributed by atoms with E-state index in [0.717, 1.165) is 10.5 Å². The van der Waals surface area contributed by atoms with E-state index in [9.17, 15) is 9.59 Å². The molecular formula is C26H26N2O3S. The minimum atomic E-state index is -0.288. The van der Waals surface area contributed by atoms with Gasteiger partial charge in [-0.25, -0.2) is 0 Å². The second-order valence-corrected chi connectivity index (χ2v) is 8.24. The number of nitrogens with one attached hydrogen (secondary N) is 2. The Bertz CT molecular complexity index is 1080. The highest BCUT2D eigenvalue weighted by molar-refractivity contribution is 8.00. The molecule has 3 aromatic carbocycles. The number of thioether (sulfide) groups is 1. The zero-order valence-corrected chi connectivity index (χ0v) is 18.9. The molecule has 0 heterocycles. The summed E-state index contributed by atoms with van der Waals surface area (Å²) in [6.07, 6.45) is 3.93. The Kier molecular flexibility index (Phi) is 8.52. The summed E-state index contributed by atoms with van der Waals surface area (Å²) in [5, 5.41) is 5.53. The molecule has 0 saturated carbocycles. The lowest BCUT2D eigenvalue weighted by atomic mass is 10.2. The number of anilines is 2. The van der Waals surface area contributed by atoms with Gasteiger partial charge in [0.15, 0.2) is 0 Å². The highest BCUT2D eigenvalue weighted by Crippen LogP contribution is 2.30. The van der Waals surface area contributed by atoms with Crippen molar-refractivity contribution in [1.29, 1.82) is 0 Å². The van der Waals surface area contributed by atoms with Gasteiger partial charge in [0.25, 0.3) is 0 Å². The lowest BCUT2D eigenvalue weighted by molar-refractivity contribution is -0.115. The Balaban J connectivity index is 1.62. The smallest absolute Gasteiger partial charge is 0.248 e. The Hall–Kier alpha value is -3.51. The third-order valence-corrected chi connectivity index (χ3v) is 5.99. The van der Waals surface area contributed by atoms with Crippen molar-refractivity contribution in [2.45, 2.75) is 23.5 Å². The van der Waals surface area contributed by atoms with Crippen LogP contribution in [0.5, 0.6) is 5.75 Å². The molecule has 0 aromatic heterocycles. The number of hydrogen-bond acceptors (Lipinski definition) is 4. The first-order chi connectivity index (χ1) is 15.6. The van der Waals surface area contributed by atoms with Crippen LogP contribution in [0.1, 0.15) is 18.9 Å². The first-order valence-electron chi connectivity index (χ1n) is 10.3. The normalized spacial score (nSPS) is 11.7. The summed E-state index contributed by atoms with van der Waals surface area (Å²) in [7, 11) is 1.58. The third-order valence-electron chi connectivity index (χ3n) is 4.63. The lowest BCUT2D eigenvalue weighted by Gasteiger charge is -2.16. The molecule has 0 aliphatic rings. The monoisotopic (exact) mass is 446 g/mol. The van der Waals surface area contributed by atoms with Crippen LogP contribution in [0.15, 0.2) is 89.8 Å². The summed E-state index contributed by atoms with van der Waals surface area (Å²) in [5.74, 6) is 0.313. The molecule has 0 radical (unpaired) electrons. The Morgan fingerprint density at radius 3 is 2.47 bits per heavy atom. The topological polar surface area (TPSA) is 67.4 Å². The highest BCUT2D eigenvalue weighted by Gasteiger charge is 2.19. The lowest BCUT2D eigenvalue weighted by Crippen LogP contribution is -2.24. The fourth-order valence-electron chi connectivity index (χ4n) is 3.01. The summed E-state index contributed by atoms with van der Waals surface area (Å²) in [6, 6.07) is 24.5. The summed E-state index contributed by atoms with van der Waals surface area (Å²) in [4.78, 5) is 26.0. The number of rotatable bonds is 9. The van der Waals surface area contributed by atoms with E-state index >= 15 is 0 Å². The Morgan fingerprint density at radius 1 is 0.969 bits per heavy atom. The van der Waals surface area contributed by atoms with Gasteiger partial charge in [-0.1, -0.05) is 55.5 Å². The van der Waals surface area contributed by atoms with Crippen LogP contribution >= 0.6 is 11.8 Å². The van der Waals surface area contributed by atoms with E-state index in [4.69, 9.17) is 4.74 Å². The van der Waals surface area contributed by atoms with Crippen LogP contribution in [0.3, 0.4) is 0 Å².